The number of likely N-dealkylation sites (tertiary alicyclic amines) is 1. The van der Waals surface area contributed by atoms with Gasteiger partial charge in [0.25, 0.3) is 5.56 Å². The third kappa shape index (κ3) is 4.72. The summed E-state index contributed by atoms with van der Waals surface area (Å²) in [5, 5.41) is 3.51. The van der Waals surface area contributed by atoms with Crippen LogP contribution in [0.4, 0.5) is 0 Å². The molecule has 1 unspecified atom stereocenters. The highest BCUT2D eigenvalue weighted by Crippen LogP contribution is 2.24. The first-order chi connectivity index (χ1) is 15.6. The summed E-state index contributed by atoms with van der Waals surface area (Å²) in [7, 11) is 0. The summed E-state index contributed by atoms with van der Waals surface area (Å²) in [5.74, 6) is -0.198. The van der Waals surface area contributed by atoms with Gasteiger partial charge < -0.3 is 10.2 Å². The molecule has 0 aliphatic carbocycles. The SMILES string of the molecule is CCC(C(=O)N1CCC(NC(=O)Cn2cnc3ccccc3c2=O)CC1)c1ccccc1. The molecule has 2 heterocycles. The second-order valence-electron chi connectivity index (χ2n) is 8.23. The molecule has 3 aromatic rings. The highest BCUT2D eigenvalue weighted by Gasteiger charge is 2.28. The summed E-state index contributed by atoms with van der Waals surface area (Å²) in [6.07, 6.45) is 3.58. The predicted octanol–water partition coefficient (Wildman–Crippen LogP) is 2.70. The zero-order chi connectivity index (χ0) is 22.5. The van der Waals surface area contributed by atoms with E-state index in [1.807, 2.05) is 48.2 Å². The van der Waals surface area contributed by atoms with E-state index in [0.29, 0.717) is 36.8 Å². The number of hydrogen-bond acceptors (Lipinski definition) is 4. The van der Waals surface area contributed by atoms with Gasteiger partial charge >= 0.3 is 0 Å². The topological polar surface area (TPSA) is 84.3 Å². The number of rotatable bonds is 6. The smallest absolute Gasteiger partial charge is 0.261 e. The minimum atomic E-state index is -0.224. The summed E-state index contributed by atoms with van der Waals surface area (Å²) < 4.78 is 1.34. The Balaban J connectivity index is 1.32. The highest BCUT2D eigenvalue weighted by atomic mass is 16.2. The molecule has 0 saturated carbocycles. The Kier molecular flexibility index (Phi) is 6.63. The average Bonchev–Trinajstić information content (AvgIpc) is 2.82. The van der Waals surface area contributed by atoms with Crippen LogP contribution in [0.1, 0.15) is 37.7 Å². The van der Waals surface area contributed by atoms with Crippen LogP contribution in [0, 0.1) is 0 Å². The molecule has 1 aromatic heterocycles. The van der Waals surface area contributed by atoms with Crippen molar-refractivity contribution in [3.63, 3.8) is 0 Å². The fourth-order valence-corrected chi connectivity index (χ4v) is 4.35. The third-order valence-electron chi connectivity index (χ3n) is 6.13. The molecule has 2 amide bonds. The molecule has 1 saturated heterocycles. The van der Waals surface area contributed by atoms with E-state index in [9.17, 15) is 14.4 Å². The zero-order valence-corrected chi connectivity index (χ0v) is 18.2. The number of piperidine rings is 1. The van der Waals surface area contributed by atoms with Crippen LogP contribution in [0.2, 0.25) is 0 Å². The number of aromatic nitrogens is 2. The lowest BCUT2D eigenvalue weighted by Crippen LogP contribution is -2.48. The van der Waals surface area contributed by atoms with Crippen molar-refractivity contribution in [3.05, 3.63) is 76.8 Å². The largest absolute Gasteiger partial charge is 0.352 e. The van der Waals surface area contributed by atoms with Crippen LogP contribution in [-0.2, 0) is 16.1 Å². The van der Waals surface area contributed by atoms with Crippen LogP contribution in [0.5, 0.6) is 0 Å². The van der Waals surface area contributed by atoms with Gasteiger partial charge in [0.05, 0.1) is 23.1 Å². The first-order valence-corrected chi connectivity index (χ1v) is 11.1. The number of benzene rings is 2. The van der Waals surface area contributed by atoms with Gasteiger partial charge in [-0.2, -0.15) is 0 Å². The summed E-state index contributed by atoms with van der Waals surface area (Å²) in [4.78, 5) is 44.3. The zero-order valence-electron chi connectivity index (χ0n) is 18.2. The molecule has 0 radical (unpaired) electrons. The Labute approximate surface area is 187 Å². The molecule has 166 valence electrons. The van der Waals surface area contributed by atoms with Crippen molar-refractivity contribution in [1.29, 1.82) is 0 Å². The number of hydrogen-bond donors (Lipinski definition) is 1. The molecule has 2 aromatic carbocycles. The third-order valence-corrected chi connectivity index (χ3v) is 6.13. The van der Waals surface area contributed by atoms with Gasteiger partial charge in [-0.25, -0.2) is 4.98 Å². The van der Waals surface area contributed by atoms with E-state index >= 15 is 0 Å². The monoisotopic (exact) mass is 432 g/mol. The normalized spacial score (nSPS) is 15.5. The lowest BCUT2D eigenvalue weighted by atomic mass is 9.93. The molecule has 1 aliphatic rings. The minimum Gasteiger partial charge on any atom is -0.352 e. The maximum absolute atomic E-state index is 13.0. The van der Waals surface area contributed by atoms with Crippen molar-refractivity contribution in [2.45, 2.75) is 44.7 Å². The van der Waals surface area contributed by atoms with Gasteiger partial charge in [0, 0.05) is 19.1 Å². The molecular formula is C25H28N4O3. The molecule has 1 N–H and O–H groups in total. The molecule has 4 rings (SSSR count). The van der Waals surface area contributed by atoms with E-state index in [1.165, 1.54) is 10.9 Å². The molecule has 1 atom stereocenters. The van der Waals surface area contributed by atoms with Crippen LogP contribution in [0.25, 0.3) is 10.9 Å². The van der Waals surface area contributed by atoms with Crippen LogP contribution in [0.3, 0.4) is 0 Å². The van der Waals surface area contributed by atoms with Gasteiger partial charge in [0.1, 0.15) is 6.54 Å². The van der Waals surface area contributed by atoms with E-state index in [0.717, 1.165) is 12.0 Å². The molecule has 1 fully saturated rings. The van der Waals surface area contributed by atoms with Crippen molar-refractivity contribution < 1.29 is 9.59 Å². The lowest BCUT2D eigenvalue weighted by Gasteiger charge is -2.34. The van der Waals surface area contributed by atoms with Crippen LogP contribution >= 0.6 is 0 Å². The Morgan fingerprint density at radius 1 is 1.06 bits per heavy atom. The Morgan fingerprint density at radius 3 is 2.47 bits per heavy atom. The van der Waals surface area contributed by atoms with E-state index in [4.69, 9.17) is 0 Å². The van der Waals surface area contributed by atoms with Gasteiger partial charge in [-0.1, -0.05) is 49.4 Å². The summed E-state index contributed by atoms with van der Waals surface area (Å²) in [6, 6.07) is 17.0. The molecule has 7 heteroatoms. The van der Waals surface area contributed by atoms with Crippen LogP contribution < -0.4 is 10.9 Å². The molecule has 7 nitrogen and oxygen atoms in total. The van der Waals surface area contributed by atoms with Gasteiger partial charge in [0.2, 0.25) is 11.8 Å². The number of amides is 2. The number of carbonyl (C=O) groups is 2. The van der Waals surface area contributed by atoms with Gasteiger partial charge in [0.15, 0.2) is 0 Å². The van der Waals surface area contributed by atoms with Crippen LogP contribution in [0.15, 0.2) is 65.7 Å². The Bertz CT molecular complexity index is 1150. The van der Waals surface area contributed by atoms with Gasteiger partial charge in [-0.3, -0.25) is 19.0 Å². The van der Waals surface area contributed by atoms with Gasteiger partial charge in [-0.05, 0) is 37.0 Å². The van der Waals surface area contributed by atoms with E-state index in [1.54, 1.807) is 18.2 Å². The predicted molar refractivity (Wildman–Crippen MR) is 123 cm³/mol. The molecule has 1 aliphatic heterocycles. The number of nitrogens with one attached hydrogen (secondary N) is 1. The Morgan fingerprint density at radius 2 is 1.75 bits per heavy atom. The number of nitrogens with zero attached hydrogens (tertiary/aromatic N) is 3. The van der Waals surface area contributed by atoms with Crippen molar-refractivity contribution in [2.75, 3.05) is 13.1 Å². The van der Waals surface area contributed by atoms with Crippen molar-refractivity contribution in [3.8, 4) is 0 Å². The summed E-state index contributed by atoms with van der Waals surface area (Å²) >= 11 is 0. The maximum Gasteiger partial charge on any atom is 0.261 e. The van der Waals surface area contributed by atoms with Gasteiger partial charge in [-0.15, -0.1) is 0 Å². The molecule has 0 spiro atoms. The van der Waals surface area contributed by atoms with Crippen LogP contribution in [-0.4, -0.2) is 45.4 Å². The summed E-state index contributed by atoms with van der Waals surface area (Å²) in [5.41, 5.74) is 1.44. The maximum atomic E-state index is 13.0. The number of fused-ring (bicyclic) bond motifs is 1. The first-order valence-electron chi connectivity index (χ1n) is 11.1. The fraction of sp³-hybridized carbons (Fsp3) is 0.360. The molecular weight excluding hydrogens is 404 g/mol. The molecule has 32 heavy (non-hydrogen) atoms. The van der Waals surface area contributed by atoms with Crippen molar-refractivity contribution in [2.24, 2.45) is 0 Å². The standard InChI is InChI=1S/C25H28N4O3/c1-2-20(18-8-4-3-5-9-18)24(31)28-14-12-19(13-15-28)27-23(30)16-29-17-26-22-11-7-6-10-21(22)25(29)32/h3-11,17,19-20H,2,12-16H2,1H3,(H,27,30). The fourth-order valence-electron chi connectivity index (χ4n) is 4.35. The highest BCUT2D eigenvalue weighted by molar-refractivity contribution is 5.84. The first kappa shape index (κ1) is 21.7. The second-order valence-corrected chi connectivity index (χ2v) is 8.23. The Hall–Kier alpha value is -3.48. The van der Waals surface area contributed by atoms with Crippen molar-refractivity contribution >= 4 is 22.7 Å². The van der Waals surface area contributed by atoms with E-state index in [2.05, 4.69) is 10.3 Å². The molecule has 0 bridgehead atoms. The quantitative estimate of drug-likeness (QED) is 0.649. The number of carbonyl (C=O) groups excluding carboxylic acids is 2. The van der Waals surface area contributed by atoms with Crippen molar-refractivity contribution in [1.82, 2.24) is 19.8 Å². The minimum absolute atomic E-state index is 0.00697. The van der Waals surface area contributed by atoms with E-state index in [-0.39, 0.29) is 35.9 Å². The lowest BCUT2D eigenvalue weighted by molar-refractivity contribution is -0.134. The average molecular weight is 433 g/mol. The van der Waals surface area contributed by atoms with E-state index < -0.39 is 0 Å². The number of para-hydroxylation sites is 1. The second kappa shape index (κ2) is 9.77. The summed E-state index contributed by atoms with van der Waals surface area (Å²) in [6.45, 7) is 3.20.